The fraction of sp³-hybridized carbons (Fsp3) is 0.250. The first-order valence-corrected chi connectivity index (χ1v) is 10.3. The largest absolute Gasteiger partial charge is 0.494 e. The monoisotopic (exact) mass is 416 g/mol. The van der Waals surface area contributed by atoms with Gasteiger partial charge in [-0.2, -0.15) is 10.1 Å². The molecule has 2 heterocycles. The molecule has 1 aliphatic rings. The van der Waals surface area contributed by atoms with Crippen molar-refractivity contribution in [2.45, 2.75) is 26.7 Å². The minimum absolute atomic E-state index is 0.0615. The number of pyridine rings is 1. The molecule has 0 spiro atoms. The fourth-order valence-corrected chi connectivity index (χ4v) is 3.38. The number of amides is 1. The van der Waals surface area contributed by atoms with Gasteiger partial charge in [0.25, 0.3) is 11.5 Å². The Morgan fingerprint density at radius 1 is 1.03 bits per heavy atom. The Morgan fingerprint density at radius 3 is 2.39 bits per heavy atom. The molecule has 7 nitrogen and oxygen atoms in total. The lowest BCUT2D eigenvalue weighted by atomic mass is 10.0. The van der Waals surface area contributed by atoms with E-state index in [4.69, 9.17) is 4.74 Å². The summed E-state index contributed by atoms with van der Waals surface area (Å²) in [7, 11) is 0. The molecule has 0 saturated heterocycles. The summed E-state index contributed by atoms with van der Waals surface area (Å²) in [4.78, 5) is 28.2. The van der Waals surface area contributed by atoms with Crippen molar-refractivity contribution in [2.75, 3.05) is 18.2 Å². The predicted molar refractivity (Wildman–Crippen MR) is 120 cm³/mol. The highest BCUT2D eigenvalue weighted by molar-refractivity contribution is 5.99. The van der Waals surface area contributed by atoms with Crippen LogP contribution in [0.1, 0.15) is 25.3 Å². The number of carbonyl (C=O) groups is 1. The molecule has 1 amide bonds. The number of aryl methyl sites for hydroxylation is 1. The molecule has 1 N–H and O–H groups in total. The van der Waals surface area contributed by atoms with Crippen LogP contribution in [0, 0.1) is 6.92 Å². The van der Waals surface area contributed by atoms with Crippen molar-refractivity contribution < 1.29 is 9.53 Å². The van der Waals surface area contributed by atoms with Gasteiger partial charge in [-0.05, 0) is 54.8 Å². The van der Waals surface area contributed by atoms with Crippen LogP contribution in [0.2, 0.25) is 0 Å². The molecule has 7 heteroatoms. The number of hydrogen-bond acceptors (Lipinski definition) is 5. The van der Waals surface area contributed by atoms with E-state index in [0.29, 0.717) is 17.9 Å². The van der Waals surface area contributed by atoms with Gasteiger partial charge >= 0.3 is 0 Å². The molecule has 4 rings (SSSR count). The lowest BCUT2D eigenvalue weighted by Gasteiger charge is -2.16. The summed E-state index contributed by atoms with van der Waals surface area (Å²) in [5, 5.41) is 8.73. The fourth-order valence-electron chi connectivity index (χ4n) is 3.38. The standard InChI is InChI=1S/C24H24N4O3/c1-3-4-13-31-19-11-9-18(10-12-19)21-14-20(17-7-5-16(2)6-8-17)23(24(30)26-21)28-22(29)15-25-27-28/h5-12,14H,3-4,13,15H2,1-2H3,(H,26,30). The normalized spacial score (nSPS) is 13.1. The number of rotatable bonds is 7. The number of H-pyrrole nitrogens is 1. The van der Waals surface area contributed by atoms with E-state index in [1.54, 1.807) is 0 Å². The molecule has 0 fully saturated rings. The molecule has 0 aliphatic carbocycles. The molecule has 0 atom stereocenters. The molecule has 2 aromatic carbocycles. The van der Waals surface area contributed by atoms with E-state index in [-0.39, 0.29) is 18.1 Å². The summed E-state index contributed by atoms with van der Waals surface area (Å²) in [5.41, 5.74) is 3.82. The van der Waals surface area contributed by atoms with Crippen LogP contribution in [0.4, 0.5) is 5.69 Å². The van der Waals surface area contributed by atoms with Gasteiger partial charge in [0.05, 0.1) is 6.61 Å². The average Bonchev–Trinajstić information content (AvgIpc) is 3.20. The second-order valence-corrected chi connectivity index (χ2v) is 7.46. The summed E-state index contributed by atoms with van der Waals surface area (Å²) in [6, 6.07) is 17.3. The molecule has 1 aromatic heterocycles. The molecular weight excluding hydrogens is 392 g/mol. The Labute approximate surface area is 180 Å². The molecule has 31 heavy (non-hydrogen) atoms. The Morgan fingerprint density at radius 2 is 1.74 bits per heavy atom. The molecular formula is C24H24N4O3. The number of nitrogens with one attached hydrogen (secondary N) is 1. The van der Waals surface area contributed by atoms with Crippen molar-refractivity contribution in [3.8, 4) is 28.1 Å². The number of unbranched alkanes of at least 4 members (excludes halogenated alkanes) is 1. The SMILES string of the molecule is CCCCOc1ccc(-c2cc(-c3ccc(C)cc3)c(N3N=NCC3=O)c(=O)[nH]2)cc1. The van der Waals surface area contributed by atoms with Crippen molar-refractivity contribution in [3.05, 3.63) is 70.5 Å². The second-order valence-electron chi connectivity index (χ2n) is 7.46. The minimum Gasteiger partial charge on any atom is -0.494 e. The highest BCUT2D eigenvalue weighted by Gasteiger charge is 2.27. The van der Waals surface area contributed by atoms with Gasteiger partial charge in [-0.3, -0.25) is 9.59 Å². The van der Waals surface area contributed by atoms with Gasteiger partial charge < -0.3 is 9.72 Å². The van der Waals surface area contributed by atoms with E-state index in [2.05, 4.69) is 22.2 Å². The number of ether oxygens (including phenoxy) is 1. The zero-order valence-electron chi connectivity index (χ0n) is 17.6. The van der Waals surface area contributed by atoms with Gasteiger partial charge in [0, 0.05) is 11.3 Å². The van der Waals surface area contributed by atoms with Crippen LogP contribution in [-0.2, 0) is 4.79 Å². The maximum absolute atomic E-state index is 13.1. The number of carbonyl (C=O) groups excluding carboxylic acids is 1. The highest BCUT2D eigenvalue weighted by Crippen LogP contribution is 2.33. The molecule has 0 radical (unpaired) electrons. The van der Waals surface area contributed by atoms with Gasteiger partial charge in [0.15, 0.2) is 0 Å². The van der Waals surface area contributed by atoms with E-state index >= 15 is 0 Å². The maximum Gasteiger partial charge on any atom is 0.275 e. The average molecular weight is 416 g/mol. The number of anilines is 1. The van der Waals surface area contributed by atoms with E-state index in [1.165, 1.54) is 0 Å². The van der Waals surface area contributed by atoms with Crippen LogP contribution in [0.25, 0.3) is 22.4 Å². The second kappa shape index (κ2) is 8.95. The number of benzene rings is 2. The third-order valence-corrected chi connectivity index (χ3v) is 5.11. The lowest BCUT2D eigenvalue weighted by Crippen LogP contribution is -2.29. The van der Waals surface area contributed by atoms with Crippen LogP contribution >= 0.6 is 0 Å². The zero-order chi connectivity index (χ0) is 21.8. The number of aromatic amines is 1. The topological polar surface area (TPSA) is 87.1 Å². The molecule has 158 valence electrons. The first-order valence-electron chi connectivity index (χ1n) is 10.3. The van der Waals surface area contributed by atoms with E-state index < -0.39 is 5.56 Å². The lowest BCUT2D eigenvalue weighted by molar-refractivity contribution is -0.116. The summed E-state index contributed by atoms with van der Waals surface area (Å²) >= 11 is 0. The van der Waals surface area contributed by atoms with Gasteiger partial charge in [-0.1, -0.05) is 48.4 Å². The summed E-state index contributed by atoms with van der Waals surface area (Å²) in [6.45, 7) is 4.73. The quantitative estimate of drug-likeness (QED) is 0.555. The number of aromatic nitrogens is 1. The first kappa shape index (κ1) is 20.5. The Hall–Kier alpha value is -3.74. The van der Waals surface area contributed by atoms with E-state index in [0.717, 1.165) is 40.3 Å². The van der Waals surface area contributed by atoms with Crippen LogP contribution < -0.4 is 15.3 Å². The van der Waals surface area contributed by atoms with Crippen molar-refractivity contribution in [1.29, 1.82) is 0 Å². The predicted octanol–water partition coefficient (Wildman–Crippen LogP) is 4.91. The maximum atomic E-state index is 13.1. The van der Waals surface area contributed by atoms with E-state index in [1.807, 2.05) is 61.5 Å². The third-order valence-electron chi connectivity index (χ3n) is 5.11. The van der Waals surface area contributed by atoms with Crippen LogP contribution in [0.15, 0.2) is 69.7 Å². The van der Waals surface area contributed by atoms with Crippen LogP contribution in [0.3, 0.4) is 0 Å². The smallest absolute Gasteiger partial charge is 0.275 e. The summed E-state index contributed by atoms with van der Waals surface area (Å²) < 4.78 is 5.72. The van der Waals surface area contributed by atoms with Crippen LogP contribution in [-0.4, -0.2) is 24.0 Å². The van der Waals surface area contributed by atoms with Crippen molar-refractivity contribution in [3.63, 3.8) is 0 Å². The zero-order valence-corrected chi connectivity index (χ0v) is 17.6. The minimum atomic E-state index is -0.398. The van der Waals surface area contributed by atoms with Gasteiger partial charge in [0.2, 0.25) is 0 Å². The van der Waals surface area contributed by atoms with Gasteiger partial charge in [0.1, 0.15) is 18.0 Å². The first-order chi connectivity index (χ1) is 15.1. The van der Waals surface area contributed by atoms with Gasteiger partial charge in [-0.25, -0.2) is 0 Å². The molecule has 0 saturated carbocycles. The Balaban J connectivity index is 1.77. The third kappa shape index (κ3) is 4.40. The van der Waals surface area contributed by atoms with Crippen molar-refractivity contribution >= 4 is 11.6 Å². The molecule has 3 aromatic rings. The molecule has 0 unspecified atom stereocenters. The van der Waals surface area contributed by atoms with Crippen molar-refractivity contribution in [2.24, 2.45) is 10.3 Å². The van der Waals surface area contributed by atoms with Crippen LogP contribution in [0.5, 0.6) is 5.75 Å². The molecule has 0 bridgehead atoms. The molecule has 1 aliphatic heterocycles. The van der Waals surface area contributed by atoms with Gasteiger partial charge in [-0.15, -0.1) is 0 Å². The van der Waals surface area contributed by atoms with Crippen molar-refractivity contribution in [1.82, 2.24) is 4.98 Å². The summed E-state index contributed by atoms with van der Waals surface area (Å²) in [5.74, 6) is 0.457. The Kier molecular flexibility index (Phi) is 5.93. The number of nitrogens with zero attached hydrogens (tertiary/aromatic N) is 3. The number of hydrogen-bond donors (Lipinski definition) is 1. The summed E-state index contributed by atoms with van der Waals surface area (Å²) in [6.07, 6.45) is 2.08. The Bertz CT molecular complexity index is 1160. The van der Waals surface area contributed by atoms with E-state index in [9.17, 15) is 9.59 Å². The highest BCUT2D eigenvalue weighted by atomic mass is 16.5.